The maximum absolute atomic E-state index is 12.8. The second-order valence-corrected chi connectivity index (χ2v) is 9.93. The van der Waals surface area contributed by atoms with Gasteiger partial charge in [0.25, 0.3) is 5.91 Å². The third-order valence-corrected chi connectivity index (χ3v) is 6.16. The van der Waals surface area contributed by atoms with Gasteiger partial charge in [-0.2, -0.15) is 5.26 Å². The van der Waals surface area contributed by atoms with E-state index in [1.807, 2.05) is 39.0 Å². The summed E-state index contributed by atoms with van der Waals surface area (Å²) in [5, 5.41) is 11.9. The zero-order chi connectivity index (χ0) is 25.0. The van der Waals surface area contributed by atoms with E-state index in [-0.39, 0.29) is 23.5 Å². The molecule has 4 rings (SSSR count). The van der Waals surface area contributed by atoms with Crippen molar-refractivity contribution in [3.05, 3.63) is 41.9 Å². The summed E-state index contributed by atoms with van der Waals surface area (Å²) in [6.45, 7) is 10.1. The van der Waals surface area contributed by atoms with Crippen LogP contribution in [0.2, 0.25) is 0 Å². The van der Waals surface area contributed by atoms with Crippen molar-refractivity contribution in [2.24, 2.45) is 0 Å². The quantitative estimate of drug-likeness (QED) is 0.691. The molecule has 186 valence electrons. The highest BCUT2D eigenvalue weighted by Gasteiger charge is 2.27. The average Bonchev–Trinajstić information content (AvgIpc) is 3.34. The number of rotatable bonds is 4. The zero-order valence-electron chi connectivity index (χ0n) is 20.7. The van der Waals surface area contributed by atoms with Crippen LogP contribution in [0.15, 0.2) is 34.7 Å². The molecule has 3 heterocycles. The van der Waals surface area contributed by atoms with Gasteiger partial charge in [-0.25, -0.2) is 4.79 Å². The van der Waals surface area contributed by atoms with E-state index in [1.165, 1.54) is 18.6 Å². The molecule has 2 aromatic rings. The molecule has 0 unspecified atom stereocenters. The van der Waals surface area contributed by atoms with Gasteiger partial charge in [-0.1, -0.05) is 0 Å². The van der Waals surface area contributed by atoms with Gasteiger partial charge in [0, 0.05) is 45.0 Å². The second-order valence-electron chi connectivity index (χ2n) is 9.93. The van der Waals surface area contributed by atoms with Crippen molar-refractivity contribution in [3.8, 4) is 6.07 Å². The lowest BCUT2D eigenvalue weighted by Gasteiger charge is -2.37. The van der Waals surface area contributed by atoms with Crippen LogP contribution in [0.3, 0.4) is 0 Å². The number of hydrogen-bond donors (Lipinski definition) is 1. The van der Waals surface area contributed by atoms with E-state index in [1.54, 1.807) is 4.90 Å². The molecule has 0 aliphatic carbocycles. The summed E-state index contributed by atoms with van der Waals surface area (Å²) in [6, 6.07) is 10.9. The Hall–Kier alpha value is -3.67. The standard InChI is InChI=1S/C26H33N5O4/c1-26(2,3)35-25(33)31-15-13-29(14-16-31)19-7-9-21(22(17-19)30-11-5-4-6-12-30)28-24(32)23-10-8-20(18-27)34-23/h7-10,17H,4-6,11-16H2,1-3H3,(H,28,32). The normalized spacial score (nSPS) is 16.6. The maximum atomic E-state index is 12.8. The van der Waals surface area contributed by atoms with Crippen LogP contribution in [-0.2, 0) is 4.74 Å². The van der Waals surface area contributed by atoms with E-state index in [2.05, 4.69) is 21.2 Å². The Morgan fingerprint density at radius 2 is 1.69 bits per heavy atom. The third-order valence-electron chi connectivity index (χ3n) is 6.16. The van der Waals surface area contributed by atoms with Crippen LogP contribution in [0.5, 0.6) is 0 Å². The Bertz CT molecular complexity index is 1100. The van der Waals surface area contributed by atoms with Crippen molar-refractivity contribution in [3.63, 3.8) is 0 Å². The van der Waals surface area contributed by atoms with Crippen molar-refractivity contribution in [2.45, 2.75) is 45.6 Å². The van der Waals surface area contributed by atoms with Gasteiger partial charge in [0.1, 0.15) is 11.7 Å². The highest BCUT2D eigenvalue weighted by atomic mass is 16.6. The number of piperidine rings is 1. The lowest BCUT2D eigenvalue weighted by Crippen LogP contribution is -2.50. The number of amides is 2. The van der Waals surface area contributed by atoms with Crippen molar-refractivity contribution < 1.29 is 18.7 Å². The summed E-state index contributed by atoms with van der Waals surface area (Å²) in [6.07, 6.45) is 3.14. The van der Waals surface area contributed by atoms with E-state index in [0.29, 0.717) is 31.9 Å². The number of nitrogens with one attached hydrogen (secondary N) is 1. The van der Waals surface area contributed by atoms with Crippen LogP contribution in [0.1, 0.15) is 56.3 Å². The van der Waals surface area contributed by atoms with Crippen molar-refractivity contribution in [1.29, 1.82) is 5.26 Å². The fourth-order valence-corrected chi connectivity index (χ4v) is 4.40. The molecule has 2 fully saturated rings. The number of benzene rings is 1. The van der Waals surface area contributed by atoms with Gasteiger partial charge < -0.3 is 29.2 Å². The highest BCUT2D eigenvalue weighted by Crippen LogP contribution is 2.34. The molecule has 1 aromatic carbocycles. The predicted molar refractivity (Wildman–Crippen MR) is 134 cm³/mol. The average molecular weight is 480 g/mol. The Labute approximate surface area is 206 Å². The Morgan fingerprint density at radius 1 is 0.971 bits per heavy atom. The van der Waals surface area contributed by atoms with E-state index < -0.39 is 5.60 Å². The van der Waals surface area contributed by atoms with Crippen LogP contribution >= 0.6 is 0 Å². The first-order valence-corrected chi connectivity index (χ1v) is 12.2. The SMILES string of the molecule is CC(C)(C)OC(=O)N1CCN(c2ccc(NC(=O)c3ccc(C#N)o3)c(N3CCCCC3)c2)CC1. The molecule has 0 radical (unpaired) electrons. The molecule has 1 N–H and O–H groups in total. The number of carbonyl (C=O) groups is 2. The number of nitrogens with zero attached hydrogens (tertiary/aromatic N) is 4. The summed E-state index contributed by atoms with van der Waals surface area (Å²) in [7, 11) is 0. The number of furan rings is 1. The van der Waals surface area contributed by atoms with Gasteiger partial charge in [-0.05, 0) is 70.4 Å². The van der Waals surface area contributed by atoms with E-state index in [9.17, 15) is 9.59 Å². The molecule has 2 aliphatic rings. The molecule has 2 saturated heterocycles. The molecule has 0 saturated carbocycles. The van der Waals surface area contributed by atoms with Crippen LogP contribution in [0.25, 0.3) is 0 Å². The molecule has 1 aromatic heterocycles. The van der Waals surface area contributed by atoms with Gasteiger partial charge in [0.15, 0.2) is 5.76 Å². The summed E-state index contributed by atoms with van der Waals surface area (Å²) in [5.41, 5.74) is 2.22. The predicted octanol–water partition coefficient (Wildman–Crippen LogP) is 4.45. The molecule has 0 spiro atoms. The minimum absolute atomic E-state index is 0.104. The molecule has 35 heavy (non-hydrogen) atoms. The number of nitriles is 1. The van der Waals surface area contributed by atoms with Gasteiger partial charge in [-0.15, -0.1) is 0 Å². The van der Waals surface area contributed by atoms with Crippen LogP contribution in [-0.4, -0.2) is 61.8 Å². The van der Waals surface area contributed by atoms with Gasteiger partial charge in [0.05, 0.1) is 11.4 Å². The molecule has 2 amide bonds. The first-order chi connectivity index (χ1) is 16.7. The summed E-state index contributed by atoms with van der Waals surface area (Å²) in [4.78, 5) is 31.5. The zero-order valence-corrected chi connectivity index (χ0v) is 20.7. The van der Waals surface area contributed by atoms with Crippen molar-refractivity contribution in [2.75, 3.05) is 54.4 Å². The summed E-state index contributed by atoms with van der Waals surface area (Å²) < 4.78 is 10.8. The van der Waals surface area contributed by atoms with Crippen LogP contribution in [0, 0.1) is 11.3 Å². The van der Waals surface area contributed by atoms with Gasteiger partial charge in [-0.3, -0.25) is 4.79 Å². The number of hydrogen-bond acceptors (Lipinski definition) is 7. The third kappa shape index (κ3) is 6.07. The molecule has 9 nitrogen and oxygen atoms in total. The number of piperazine rings is 1. The Morgan fingerprint density at radius 3 is 2.31 bits per heavy atom. The first kappa shape index (κ1) is 24.5. The van der Waals surface area contributed by atoms with E-state index >= 15 is 0 Å². The lowest BCUT2D eigenvalue weighted by molar-refractivity contribution is 0.0240. The molecule has 0 bridgehead atoms. The van der Waals surface area contributed by atoms with Gasteiger partial charge >= 0.3 is 6.09 Å². The smallest absolute Gasteiger partial charge is 0.410 e. The van der Waals surface area contributed by atoms with Crippen LogP contribution < -0.4 is 15.1 Å². The fraction of sp³-hybridized carbons (Fsp3) is 0.500. The number of ether oxygens (including phenoxy) is 1. The first-order valence-electron chi connectivity index (χ1n) is 12.2. The Balaban J connectivity index is 1.50. The monoisotopic (exact) mass is 479 g/mol. The molecule has 9 heteroatoms. The van der Waals surface area contributed by atoms with Crippen LogP contribution in [0.4, 0.5) is 21.9 Å². The van der Waals surface area contributed by atoms with E-state index in [4.69, 9.17) is 14.4 Å². The van der Waals surface area contributed by atoms with Gasteiger partial charge in [0.2, 0.25) is 5.76 Å². The summed E-state index contributed by atoms with van der Waals surface area (Å²) in [5.74, 6) is -0.177. The molecule has 2 aliphatic heterocycles. The van der Waals surface area contributed by atoms with Crippen molar-refractivity contribution in [1.82, 2.24) is 4.90 Å². The fourth-order valence-electron chi connectivity index (χ4n) is 4.40. The highest BCUT2D eigenvalue weighted by molar-refractivity contribution is 6.04. The minimum Gasteiger partial charge on any atom is -0.444 e. The molecular weight excluding hydrogens is 446 g/mol. The Kier molecular flexibility index (Phi) is 7.20. The molecule has 0 atom stereocenters. The second kappa shape index (κ2) is 10.3. The largest absolute Gasteiger partial charge is 0.444 e. The lowest BCUT2D eigenvalue weighted by atomic mass is 10.1. The van der Waals surface area contributed by atoms with E-state index in [0.717, 1.165) is 37.3 Å². The number of anilines is 3. The molecular formula is C26H33N5O4. The minimum atomic E-state index is -0.510. The summed E-state index contributed by atoms with van der Waals surface area (Å²) >= 11 is 0. The number of carbonyl (C=O) groups excluding carboxylic acids is 2. The maximum Gasteiger partial charge on any atom is 0.410 e. The van der Waals surface area contributed by atoms with Crippen molar-refractivity contribution >= 4 is 29.1 Å². The topological polar surface area (TPSA) is 102 Å².